The number of aromatic nitrogens is 1. The molecule has 20 heavy (non-hydrogen) atoms. The van der Waals surface area contributed by atoms with Crippen molar-refractivity contribution < 1.29 is 13.5 Å². The van der Waals surface area contributed by atoms with Gasteiger partial charge < -0.3 is 15.4 Å². The highest BCUT2D eigenvalue weighted by Crippen LogP contribution is 2.30. The Morgan fingerprint density at radius 1 is 1.15 bits per heavy atom. The molecule has 0 fully saturated rings. The van der Waals surface area contributed by atoms with Crippen molar-refractivity contribution in [3.8, 4) is 5.75 Å². The van der Waals surface area contributed by atoms with Gasteiger partial charge in [0.25, 0.3) is 0 Å². The molecule has 4 nitrogen and oxygen atoms in total. The van der Waals surface area contributed by atoms with Crippen LogP contribution in [0.4, 0.5) is 26.1 Å². The summed E-state index contributed by atoms with van der Waals surface area (Å²) in [5.74, 6) is -1.03. The fourth-order valence-electron chi connectivity index (χ4n) is 1.60. The molecule has 1 aromatic heterocycles. The van der Waals surface area contributed by atoms with Gasteiger partial charge in [-0.3, -0.25) is 0 Å². The summed E-state index contributed by atoms with van der Waals surface area (Å²) < 4.78 is 32.9. The molecule has 0 aliphatic carbocycles. The number of ether oxygens (including phenoxy) is 1. The first-order valence-electron chi connectivity index (χ1n) is 5.69. The van der Waals surface area contributed by atoms with Crippen molar-refractivity contribution >= 4 is 33.3 Å². The molecule has 0 spiro atoms. The maximum Gasteiger partial charge on any atom is 0.169 e. The van der Waals surface area contributed by atoms with Gasteiger partial charge in [0.15, 0.2) is 23.3 Å². The van der Waals surface area contributed by atoms with E-state index in [9.17, 15) is 8.78 Å². The molecule has 2 aromatic rings. The van der Waals surface area contributed by atoms with Crippen LogP contribution < -0.4 is 15.4 Å². The highest BCUT2D eigenvalue weighted by molar-refractivity contribution is 9.10. The molecule has 2 rings (SSSR count). The highest BCUT2D eigenvalue weighted by atomic mass is 79.9. The third-order valence-electron chi connectivity index (χ3n) is 2.58. The minimum absolute atomic E-state index is 0.0297. The number of pyridine rings is 1. The molecule has 1 aromatic carbocycles. The molecule has 0 saturated carbocycles. The Bertz CT molecular complexity index is 637. The number of benzene rings is 1. The van der Waals surface area contributed by atoms with Gasteiger partial charge in [0.05, 0.1) is 11.6 Å². The summed E-state index contributed by atoms with van der Waals surface area (Å²) in [6.45, 7) is 0. The van der Waals surface area contributed by atoms with Gasteiger partial charge in [-0.1, -0.05) is 0 Å². The van der Waals surface area contributed by atoms with Gasteiger partial charge in [-0.15, -0.1) is 0 Å². The third-order valence-corrected chi connectivity index (χ3v) is 3.24. The topological polar surface area (TPSA) is 46.2 Å². The molecule has 106 valence electrons. The summed E-state index contributed by atoms with van der Waals surface area (Å²) in [6, 6.07) is 5.92. The molecule has 0 radical (unpaired) electrons. The minimum Gasteiger partial charge on any atom is -0.495 e. The van der Waals surface area contributed by atoms with E-state index in [1.54, 1.807) is 18.2 Å². The molecule has 7 heteroatoms. The van der Waals surface area contributed by atoms with Crippen LogP contribution in [0.15, 0.2) is 28.7 Å². The monoisotopic (exact) mass is 343 g/mol. The van der Waals surface area contributed by atoms with E-state index in [4.69, 9.17) is 4.74 Å². The van der Waals surface area contributed by atoms with Gasteiger partial charge >= 0.3 is 0 Å². The predicted octanol–water partition coefficient (Wildman–Crippen LogP) is 3.92. The lowest BCUT2D eigenvalue weighted by molar-refractivity contribution is 0.412. The van der Waals surface area contributed by atoms with E-state index in [-0.39, 0.29) is 11.6 Å². The Morgan fingerprint density at radius 3 is 2.50 bits per heavy atom. The molecule has 2 N–H and O–H groups in total. The van der Waals surface area contributed by atoms with Gasteiger partial charge in [-0.05, 0) is 28.1 Å². The van der Waals surface area contributed by atoms with Crippen molar-refractivity contribution in [3.63, 3.8) is 0 Å². The largest absolute Gasteiger partial charge is 0.495 e. The average molecular weight is 344 g/mol. The van der Waals surface area contributed by atoms with E-state index in [1.807, 2.05) is 0 Å². The van der Waals surface area contributed by atoms with Crippen LogP contribution in [0.25, 0.3) is 0 Å². The first-order chi connectivity index (χ1) is 9.55. The fourth-order valence-corrected chi connectivity index (χ4v) is 2.01. The molecule has 0 unspecified atom stereocenters. The minimum atomic E-state index is -0.775. The van der Waals surface area contributed by atoms with E-state index < -0.39 is 11.6 Å². The Hall–Kier alpha value is -1.89. The average Bonchev–Trinajstić information content (AvgIpc) is 2.43. The lowest BCUT2D eigenvalue weighted by Gasteiger charge is -2.11. The Kier molecular flexibility index (Phi) is 4.39. The van der Waals surface area contributed by atoms with E-state index >= 15 is 0 Å². The molecule has 0 bridgehead atoms. The van der Waals surface area contributed by atoms with Crippen molar-refractivity contribution in [2.75, 3.05) is 24.8 Å². The second-order valence-electron chi connectivity index (χ2n) is 3.87. The maximum atomic E-state index is 13.7. The number of anilines is 3. The normalized spacial score (nSPS) is 10.2. The standard InChI is InChI=1S/C13H12BrF2N3O/c1-17-12-9(15)6-10(16)13(19-12)18-7-3-4-8(14)11(5-7)20-2/h3-6H,1-2H3,(H2,17,18,19). The number of nitrogens with one attached hydrogen (secondary N) is 2. The van der Waals surface area contributed by atoms with Crippen LogP contribution in [-0.4, -0.2) is 19.1 Å². The lowest BCUT2D eigenvalue weighted by Crippen LogP contribution is -2.03. The molecular formula is C13H12BrF2N3O. The van der Waals surface area contributed by atoms with E-state index in [2.05, 4.69) is 31.5 Å². The van der Waals surface area contributed by atoms with Crippen LogP contribution in [0.2, 0.25) is 0 Å². The summed E-state index contributed by atoms with van der Waals surface area (Å²) in [5.41, 5.74) is 0.574. The molecule has 0 atom stereocenters. The number of halogens is 3. The number of hydrogen-bond acceptors (Lipinski definition) is 4. The van der Waals surface area contributed by atoms with Gasteiger partial charge in [-0.25, -0.2) is 13.8 Å². The van der Waals surface area contributed by atoms with Crippen molar-refractivity contribution in [1.29, 1.82) is 0 Å². The van der Waals surface area contributed by atoms with E-state index in [0.717, 1.165) is 10.5 Å². The summed E-state index contributed by atoms with van der Waals surface area (Å²) in [4.78, 5) is 3.84. The van der Waals surface area contributed by atoms with Gasteiger partial charge in [0, 0.05) is 24.9 Å². The summed E-state index contributed by atoms with van der Waals surface area (Å²) >= 11 is 3.32. The van der Waals surface area contributed by atoms with Crippen molar-refractivity contribution in [2.45, 2.75) is 0 Å². The Labute approximate surface area is 123 Å². The molecule has 0 aliphatic heterocycles. The number of rotatable bonds is 4. The van der Waals surface area contributed by atoms with Gasteiger partial charge in [0.1, 0.15) is 5.75 Å². The van der Waals surface area contributed by atoms with Gasteiger partial charge in [0.2, 0.25) is 0 Å². The smallest absolute Gasteiger partial charge is 0.169 e. The van der Waals surface area contributed by atoms with Crippen molar-refractivity contribution in [3.05, 3.63) is 40.4 Å². The summed E-state index contributed by atoms with van der Waals surface area (Å²) in [5, 5.41) is 5.34. The molecule has 1 heterocycles. The van der Waals surface area contributed by atoms with E-state index in [1.165, 1.54) is 14.2 Å². The van der Waals surface area contributed by atoms with Crippen molar-refractivity contribution in [1.82, 2.24) is 4.98 Å². The van der Waals surface area contributed by atoms with Gasteiger partial charge in [-0.2, -0.15) is 0 Å². The second-order valence-corrected chi connectivity index (χ2v) is 4.73. The van der Waals surface area contributed by atoms with Crippen LogP contribution in [0.5, 0.6) is 5.75 Å². The maximum absolute atomic E-state index is 13.7. The van der Waals surface area contributed by atoms with Crippen molar-refractivity contribution in [2.24, 2.45) is 0 Å². The molecule has 0 aliphatic rings. The van der Waals surface area contributed by atoms with Crippen LogP contribution in [0.3, 0.4) is 0 Å². The Morgan fingerprint density at radius 2 is 1.85 bits per heavy atom. The van der Waals surface area contributed by atoms with Crippen LogP contribution in [-0.2, 0) is 0 Å². The zero-order chi connectivity index (χ0) is 14.7. The first-order valence-corrected chi connectivity index (χ1v) is 6.48. The zero-order valence-electron chi connectivity index (χ0n) is 10.8. The number of methoxy groups -OCH3 is 1. The molecule has 0 amide bonds. The lowest BCUT2D eigenvalue weighted by atomic mass is 10.3. The zero-order valence-corrected chi connectivity index (χ0v) is 12.4. The van der Waals surface area contributed by atoms with Crippen LogP contribution in [0, 0.1) is 11.6 Å². The highest BCUT2D eigenvalue weighted by Gasteiger charge is 2.12. The van der Waals surface area contributed by atoms with E-state index in [0.29, 0.717) is 11.4 Å². The number of nitrogens with zero attached hydrogens (tertiary/aromatic N) is 1. The van der Waals surface area contributed by atoms with Crippen LogP contribution in [0.1, 0.15) is 0 Å². The quantitative estimate of drug-likeness (QED) is 0.883. The first kappa shape index (κ1) is 14.5. The molecule has 0 saturated heterocycles. The van der Waals surface area contributed by atoms with Crippen LogP contribution >= 0.6 is 15.9 Å². The second kappa shape index (κ2) is 6.04. The summed E-state index contributed by atoms with van der Waals surface area (Å²) in [7, 11) is 3.04. The Balaban J connectivity index is 2.34. The number of hydrogen-bond donors (Lipinski definition) is 2. The third kappa shape index (κ3) is 2.98. The molecular weight excluding hydrogens is 332 g/mol. The summed E-state index contributed by atoms with van der Waals surface area (Å²) in [6.07, 6.45) is 0. The predicted molar refractivity (Wildman–Crippen MR) is 77.7 cm³/mol. The SMILES string of the molecule is CNc1nc(Nc2ccc(Br)c(OC)c2)c(F)cc1F. The fraction of sp³-hybridized carbons (Fsp3) is 0.154.